The lowest BCUT2D eigenvalue weighted by Crippen LogP contribution is -2.50. The third-order valence-corrected chi connectivity index (χ3v) is 5.95. The van der Waals surface area contributed by atoms with Gasteiger partial charge in [-0.2, -0.15) is 0 Å². The number of thiazole rings is 1. The fourth-order valence-corrected chi connectivity index (χ4v) is 4.34. The Morgan fingerprint density at radius 2 is 1.87 bits per heavy atom. The molecule has 1 aromatic heterocycles. The molecule has 0 aliphatic carbocycles. The number of carbonyl (C=O) groups is 2. The second-order valence-corrected chi connectivity index (χ2v) is 8.79. The highest BCUT2D eigenvalue weighted by Gasteiger charge is 2.23. The number of amides is 2. The van der Waals surface area contributed by atoms with Crippen molar-refractivity contribution in [3.8, 4) is 5.75 Å². The molecule has 0 radical (unpaired) electrons. The first kappa shape index (κ1) is 22.2. The Labute approximate surface area is 182 Å². The van der Waals surface area contributed by atoms with Crippen molar-refractivity contribution >= 4 is 23.2 Å². The van der Waals surface area contributed by atoms with E-state index in [2.05, 4.69) is 29.0 Å². The van der Waals surface area contributed by atoms with Gasteiger partial charge < -0.3 is 15.0 Å². The lowest BCUT2D eigenvalue weighted by atomic mass is 10.1. The summed E-state index contributed by atoms with van der Waals surface area (Å²) in [5, 5.41) is 5.85. The number of hydrogen-bond donors (Lipinski definition) is 1. The van der Waals surface area contributed by atoms with Crippen LogP contribution in [0.15, 0.2) is 29.6 Å². The van der Waals surface area contributed by atoms with Crippen LogP contribution in [0, 0.1) is 5.92 Å². The summed E-state index contributed by atoms with van der Waals surface area (Å²) in [6.45, 7) is 8.61. The normalized spacial score (nSPS) is 14.7. The van der Waals surface area contributed by atoms with Gasteiger partial charge in [0, 0.05) is 56.6 Å². The van der Waals surface area contributed by atoms with Crippen LogP contribution in [0.2, 0.25) is 0 Å². The van der Waals surface area contributed by atoms with Crippen LogP contribution in [0.3, 0.4) is 0 Å². The second kappa shape index (κ2) is 10.5. The molecule has 0 bridgehead atoms. The number of nitrogens with one attached hydrogen (secondary N) is 1. The summed E-state index contributed by atoms with van der Waals surface area (Å²) in [4.78, 5) is 33.6. The zero-order chi connectivity index (χ0) is 21.5. The van der Waals surface area contributed by atoms with Crippen LogP contribution in [0.1, 0.15) is 39.7 Å². The molecule has 1 aliphatic rings. The molecular formula is C22H30N4O3S. The third-order valence-electron chi connectivity index (χ3n) is 5.08. The molecule has 1 saturated heterocycles. The van der Waals surface area contributed by atoms with E-state index in [1.54, 1.807) is 42.7 Å². The fraction of sp³-hybridized carbons (Fsp3) is 0.500. The molecule has 162 valence electrons. The Balaban J connectivity index is 1.39. The number of aromatic nitrogens is 1. The summed E-state index contributed by atoms with van der Waals surface area (Å²) >= 11 is 1.57. The lowest BCUT2D eigenvalue weighted by molar-refractivity contribution is 0.0633. The number of rotatable bonds is 8. The Kier molecular flexibility index (Phi) is 7.81. The van der Waals surface area contributed by atoms with Crippen molar-refractivity contribution in [1.82, 2.24) is 20.1 Å². The van der Waals surface area contributed by atoms with Gasteiger partial charge in [-0.05, 0) is 30.2 Å². The van der Waals surface area contributed by atoms with Crippen LogP contribution in [0.5, 0.6) is 5.75 Å². The van der Waals surface area contributed by atoms with Gasteiger partial charge >= 0.3 is 0 Å². The molecule has 2 heterocycles. The number of nitrogens with zero attached hydrogens (tertiary/aromatic N) is 3. The maximum Gasteiger partial charge on any atom is 0.273 e. The van der Waals surface area contributed by atoms with Gasteiger partial charge in [0.25, 0.3) is 11.8 Å². The Morgan fingerprint density at radius 3 is 2.50 bits per heavy atom. The summed E-state index contributed by atoms with van der Waals surface area (Å²) < 4.78 is 5.11. The largest absolute Gasteiger partial charge is 0.497 e. The van der Waals surface area contributed by atoms with Gasteiger partial charge in [0.2, 0.25) is 0 Å². The molecular weight excluding hydrogens is 400 g/mol. The minimum atomic E-state index is -0.0906. The SMILES string of the molecule is COc1ccc(C(=O)NCCN2CCN(C(=O)c3csc(CC(C)C)n3)CC2)cc1. The van der Waals surface area contributed by atoms with Gasteiger partial charge in [-0.15, -0.1) is 11.3 Å². The van der Waals surface area contributed by atoms with Gasteiger partial charge in [0.15, 0.2) is 0 Å². The van der Waals surface area contributed by atoms with E-state index >= 15 is 0 Å². The minimum Gasteiger partial charge on any atom is -0.497 e. The minimum absolute atomic E-state index is 0.0220. The van der Waals surface area contributed by atoms with Gasteiger partial charge in [-0.25, -0.2) is 4.98 Å². The smallest absolute Gasteiger partial charge is 0.273 e. The molecule has 30 heavy (non-hydrogen) atoms. The maximum atomic E-state index is 12.7. The fourth-order valence-electron chi connectivity index (χ4n) is 3.36. The van der Waals surface area contributed by atoms with Gasteiger partial charge in [-0.3, -0.25) is 14.5 Å². The lowest BCUT2D eigenvalue weighted by Gasteiger charge is -2.34. The third kappa shape index (κ3) is 6.03. The molecule has 0 unspecified atom stereocenters. The summed E-state index contributed by atoms with van der Waals surface area (Å²) in [6.07, 6.45) is 0.911. The topological polar surface area (TPSA) is 74.8 Å². The first-order valence-electron chi connectivity index (χ1n) is 10.3. The van der Waals surface area contributed by atoms with Crippen LogP contribution < -0.4 is 10.1 Å². The van der Waals surface area contributed by atoms with E-state index in [1.165, 1.54) is 0 Å². The summed E-state index contributed by atoms with van der Waals surface area (Å²) in [6, 6.07) is 7.06. The maximum absolute atomic E-state index is 12.7. The molecule has 7 nitrogen and oxygen atoms in total. The molecule has 1 aromatic carbocycles. The molecule has 8 heteroatoms. The van der Waals surface area contributed by atoms with Crippen molar-refractivity contribution in [3.63, 3.8) is 0 Å². The van der Waals surface area contributed by atoms with Crippen molar-refractivity contribution in [1.29, 1.82) is 0 Å². The van der Waals surface area contributed by atoms with E-state index < -0.39 is 0 Å². The van der Waals surface area contributed by atoms with E-state index in [-0.39, 0.29) is 11.8 Å². The number of methoxy groups -OCH3 is 1. The quantitative estimate of drug-likeness (QED) is 0.697. The summed E-state index contributed by atoms with van der Waals surface area (Å²) in [7, 11) is 1.60. The predicted molar refractivity (Wildman–Crippen MR) is 118 cm³/mol. The van der Waals surface area contributed by atoms with Gasteiger partial charge in [0.1, 0.15) is 11.4 Å². The number of benzene rings is 1. The van der Waals surface area contributed by atoms with Crippen LogP contribution in [0.25, 0.3) is 0 Å². The highest BCUT2D eigenvalue weighted by molar-refractivity contribution is 7.09. The van der Waals surface area contributed by atoms with Crippen molar-refractivity contribution in [3.05, 3.63) is 45.9 Å². The number of carbonyl (C=O) groups excluding carboxylic acids is 2. The monoisotopic (exact) mass is 430 g/mol. The molecule has 2 aromatic rings. The van der Waals surface area contributed by atoms with Gasteiger partial charge in [-0.1, -0.05) is 13.8 Å². The Hall–Kier alpha value is -2.45. The van der Waals surface area contributed by atoms with Crippen LogP contribution in [-0.4, -0.2) is 73.0 Å². The van der Waals surface area contributed by atoms with E-state index in [0.29, 0.717) is 36.8 Å². The van der Waals surface area contributed by atoms with E-state index in [9.17, 15) is 9.59 Å². The summed E-state index contributed by atoms with van der Waals surface area (Å²) in [5.41, 5.74) is 1.18. The van der Waals surface area contributed by atoms with Crippen LogP contribution in [-0.2, 0) is 6.42 Å². The average Bonchev–Trinajstić information content (AvgIpc) is 3.21. The first-order chi connectivity index (χ1) is 14.5. The highest BCUT2D eigenvalue weighted by atomic mass is 32.1. The molecule has 2 amide bonds. The van der Waals surface area contributed by atoms with Crippen molar-refractivity contribution in [2.45, 2.75) is 20.3 Å². The van der Waals surface area contributed by atoms with Crippen LogP contribution in [0.4, 0.5) is 0 Å². The summed E-state index contributed by atoms with van der Waals surface area (Å²) in [5.74, 6) is 1.20. The number of piperazine rings is 1. The predicted octanol–water partition coefficient (Wildman–Crippen LogP) is 2.54. The number of ether oxygens (including phenoxy) is 1. The van der Waals surface area contributed by atoms with Crippen molar-refractivity contribution < 1.29 is 14.3 Å². The standard InChI is InChI=1S/C22H30N4O3S/c1-16(2)14-20-24-19(15-30-20)22(28)26-12-10-25(11-13-26)9-8-23-21(27)17-4-6-18(29-3)7-5-17/h4-7,15-16H,8-14H2,1-3H3,(H,23,27). The molecule has 1 aliphatic heterocycles. The highest BCUT2D eigenvalue weighted by Crippen LogP contribution is 2.16. The Morgan fingerprint density at radius 1 is 1.17 bits per heavy atom. The van der Waals surface area contributed by atoms with E-state index in [1.807, 2.05) is 10.3 Å². The molecule has 0 spiro atoms. The van der Waals surface area contributed by atoms with E-state index in [4.69, 9.17) is 4.74 Å². The van der Waals surface area contributed by atoms with Crippen LogP contribution >= 0.6 is 11.3 Å². The zero-order valence-corrected chi connectivity index (χ0v) is 18.7. The Bertz CT molecular complexity index is 842. The molecule has 0 atom stereocenters. The molecule has 0 saturated carbocycles. The van der Waals surface area contributed by atoms with E-state index in [0.717, 1.165) is 36.8 Å². The first-order valence-corrected chi connectivity index (χ1v) is 11.2. The molecule has 1 N–H and O–H groups in total. The van der Waals surface area contributed by atoms with Gasteiger partial charge in [0.05, 0.1) is 12.1 Å². The second-order valence-electron chi connectivity index (χ2n) is 7.84. The molecule has 3 rings (SSSR count). The zero-order valence-electron chi connectivity index (χ0n) is 17.9. The van der Waals surface area contributed by atoms with Crippen molar-refractivity contribution in [2.24, 2.45) is 5.92 Å². The number of hydrogen-bond acceptors (Lipinski definition) is 6. The van der Waals surface area contributed by atoms with Crippen molar-refractivity contribution in [2.75, 3.05) is 46.4 Å². The molecule has 1 fully saturated rings. The average molecular weight is 431 g/mol.